The van der Waals surface area contributed by atoms with Crippen LogP contribution in [0.5, 0.6) is 0 Å². The fourth-order valence-electron chi connectivity index (χ4n) is 3.07. The van der Waals surface area contributed by atoms with Crippen molar-refractivity contribution in [3.05, 3.63) is 41.4 Å². The van der Waals surface area contributed by atoms with E-state index in [0.717, 1.165) is 42.7 Å². The quantitative estimate of drug-likeness (QED) is 0.376. The molecule has 1 aliphatic heterocycles. The number of guanidine groups is 1. The van der Waals surface area contributed by atoms with E-state index in [1.807, 2.05) is 26.0 Å². The molecule has 0 bridgehead atoms. The fourth-order valence-corrected chi connectivity index (χ4v) is 3.82. The Kier molecular flexibility index (Phi) is 8.62. The zero-order valence-corrected chi connectivity index (χ0v) is 19.3. The van der Waals surface area contributed by atoms with Crippen LogP contribution in [0.25, 0.3) is 0 Å². The van der Waals surface area contributed by atoms with Gasteiger partial charge < -0.3 is 20.4 Å². The van der Waals surface area contributed by atoms with Crippen molar-refractivity contribution in [2.24, 2.45) is 4.99 Å². The number of piperidine rings is 1. The second-order valence-electron chi connectivity index (χ2n) is 6.68. The third kappa shape index (κ3) is 6.24. The molecule has 1 aromatic carbocycles. The van der Waals surface area contributed by atoms with Gasteiger partial charge in [0.2, 0.25) is 0 Å². The van der Waals surface area contributed by atoms with Crippen LogP contribution < -0.4 is 20.4 Å². The summed E-state index contributed by atoms with van der Waals surface area (Å²) < 4.78 is 0. The molecule has 1 fully saturated rings. The SMILES string of the molecule is CN=C(NCc1csc(N(C)C)n1)NC1CCN(c2ccccc2)CC1.I. The van der Waals surface area contributed by atoms with E-state index >= 15 is 0 Å². The van der Waals surface area contributed by atoms with Gasteiger partial charge in [-0.05, 0) is 25.0 Å². The molecular formula is C19H29IN6S. The Morgan fingerprint density at radius 1 is 1.26 bits per heavy atom. The molecule has 0 unspecified atom stereocenters. The monoisotopic (exact) mass is 500 g/mol. The van der Waals surface area contributed by atoms with Crippen LogP contribution in [0.1, 0.15) is 18.5 Å². The highest BCUT2D eigenvalue weighted by Crippen LogP contribution is 2.20. The maximum absolute atomic E-state index is 4.60. The minimum atomic E-state index is 0. The first-order valence-electron chi connectivity index (χ1n) is 9.04. The van der Waals surface area contributed by atoms with E-state index in [0.29, 0.717) is 12.6 Å². The number of thiazole rings is 1. The van der Waals surface area contributed by atoms with Gasteiger partial charge in [0.15, 0.2) is 11.1 Å². The molecule has 2 N–H and O–H groups in total. The van der Waals surface area contributed by atoms with Crippen LogP contribution in [0.2, 0.25) is 0 Å². The minimum Gasteiger partial charge on any atom is -0.371 e. The zero-order valence-electron chi connectivity index (χ0n) is 16.2. The smallest absolute Gasteiger partial charge is 0.191 e. The number of hydrogen-bond acceptors (Lipinski definition) is 5. The van der Waals surface area contributed by atoms with Crippen molar-refractivity contribution in [1.29, 1.82) is 0 Å². The Hall–Kier alpha value is -1.55. The van der Waals surface area contributed by atoms with Gasteiger partial charge in [-0.1, -0.05) is 18.2 Å². The van der Waals surface area contributed by atoms with E-state index < -0.39 is 0 Å². The number of anilines is 2. The Bertz CT molecular complexity index is 710. The molecule has 8 heteroatoms. The van der Waals surface area contributed by atoms with E-state index in [1.165, 1.54) is 5.69 Å². The van der Waals surface area contributed by atoms with Gasteiger partial charge in [0, 0.05) is 51.3 Å². The summed E-state index contributed by atoms with van der Waals surface area (Å²) in [7, 11) is 5.84. The second kappa shape index (κ2) is 10.7. The van der Waals surface area contributed by atoms with Gasteiger partial charge in [-0.2, -0.15) is 0 Å². The molecule has 1 saturated heterocycles. The number of rotatable bonds is 5. The van der Waals surface area contributed by atoms with E-state index in [-0.39, 0.29) is 24.0 Å². The first kappa shape index (κ1) is 21.7. The molecule has 1 aromatic heterocycles. The van der Waals surface area contributed by atoms with Crippen molar-refractivity contribution in [3.63, 3.8) is 0 Å². The lowest BCUT2D eigenvalue weighted by molar-refractivity contribution is 0.461. The predicted molar refractivity (Wildman–Crippen MR) is 127 cm³/mol. The fraction of sp³-hybridized carbons (Fsp3) is 0.474. The van der Waals surface area contributed by atoms with Gasteiger partial charge in [-0.3, -0.25) is 4.99 Å². The molecule has 148 valence electrons. The summed E-state index contributed by atoms with van der Waals surface area (Å²) in [6, 6.07) is 11.1. The molecule has 2 heterocycles. The van der Waals surface area contributed by atoms with Gasteiger partial charge in [0.1, 0.15) is 0 Å². The van der Waals surface area contributed by atoms with Crippen molar-refractivity contribution in [1.82, 2.24) is 15.6 Å². The van der Waals surface area contributed by atoms with Crippen molar-refractivity contribution in [3.8, 4) is 0 Å². The molecule has 0 radical (unpaired) electrons. The van der Waals surface area contributed by atoms with Gasteiger partial charge >= 0.3 is 0 Å². The average Bonchev–Trinajstić information content (AvgIpc) is 3.16. The Morgan fingerprint density at radius 2 is 1.96 bits per heavy atom. The molecule has 3 rings (SSSR count). The summed E-state index contributed by atoms with van der Waals surface area (Å²) in [5.41, 5.74) is 2.36. The molecule has 0 saturated carbocycles. The summed E-state index contributed by atoms with van der Waals surface area (Å²) in [4.78, 5) is 13.4. The molecule has 2 aromatic rings. The van der Waals surface area contributed by atoms with Crippen LogP contribution in [0.4, 0.5) is 10.8 Å². The third-order valence-electron chi connectivity index (χ3n) is 4.54. The van der Waals surface area contributed by atoms with Crippen molar-refractivity contribution in [2.75, 3.05) is 44.0 Å². The molecular weight excluding hydrogens is 471 g/mol. The van der Waals surface area contributed by atoms with Gasteiger partial charge in [0.05, 0.1) is 12.2 Å². The standard InChI is InChI=1S/C19H28N6S.HI/c1-20-18(21-13-16-14-26-19(23-16)24(2)3)22-15-9-11-25(12-10-15)17-7-5-4-6-8-17;/h4-8,14-15H,9-13H2,1-3H3,(H2,20,21,22);1H. The highest BCUT2D eigenvalue weighted by molar-refractivity contribution is 14.0. The van der Waals surface area contributed by atoms with Crippen molar-refractivity contribution in [2.45, 2.75) is 25.4 Å². The van der Waals surface area contributed by atoms with Gasteiger partial charge in [-0.25, -0.2) is 4.98 Å². The topological polar surface area (TPSA) is 55.8 Å². The maximum Gasteiger partial charge on any atom is 0.191 e. The predicted octanol–water partition coefficient (Wildman–Crippen LogP) is 3.16. The molecule has 0 spiro atoms. The molecule has 0 atom stereocenters. The first-order valence-corrected chi connectivity index (χ1v) is 9.92. The lowest BCUT2D eigenvalue weighted by Crippen LogP contribution is -2.48. The Balaban J connectivity index is 0.00000261. The lowest BCUT2D eigenvalue weighted by atomic mass is 10.0. The van der Waals surface area contributed by atoms with Crippen molar-refractivity contribution < 1.29 is 0 Å². The molecule has 1 aliphatic rings. The molecule has 0 amide bonds. The number of hydrogen-bond donors (Lipinski definition) is 2. The number of nitrogens with zero attached hydrogens (tertiary/aromatic N) is 4. The summed E-state index contributed by atoms with van der Waals surface area (Å²) in [6.45, 7) is 2.82. The van der Waals surface area contributed by atoms with Crippen LogP contribution in [0, 0.1) is 0 Å². The highest BCUT2D eigenvalue weighted by Gasteiger charge is 2.20. The average molecular weight is 500 g/mol. The van der Waals surface area contributed by atoms with E-state index in [2.05, 4.69) is 61.2 Å². The number of benzene rings is 1. The zero-order chi connectivity index (χ0) is 18.4. The molecule has 6 nitrogen and oxygen atoms in total. The largest absolute Gasteiger partial charge is 0.371 e. The summed E-state index contributed by atoms with van der Waals surface area (Å²) in [5, 5.41) is 10.1. The van der Waals surface area contributed by atoms with E-state index in [1.54, 1.807) is 11.3 Å². The van der Waals surface area contributed by atoms with Gasteiger partial charge in [0.25, 0.3) is 0 Å². The lowest BCUT2D eigenvalue weighted by Gasteiger charge is -2.34. The van der Waals surface area contributed by atoms with Crippen molar-refractivity contribution >= 4 is 52.1 Å². The maximum atomic E-state index is 4.60. The van der Waals surface area contributed by atoms with Crippen LogP contribution in [0.15, 0.2) is 40.7 Å². The second-order valence-corrected chi connectivity index (χ2v) is 7.52. The summed E-state index contributed by atoms with van der Waals surface area (Å²) in [5.74, 6) is 0.850. The minimum absolute atomic E-state index is 0. The summed E-state index contributed by atoms with van der Waals surface area (Å²) in [6.07, 6.45) is 2.22. The highest BCUT2D eigenvalue weighted by atomic mass is 127. The van der Waals surface area contributed by atoms with Crippen LogP contribution in [-0.4, -0.2) is 51.2 Å². The number of para-hydroxylation sites is 1. The summed E-state index contributed by atoms with van der Waals surface area (Å²) >= 11 is 1.66. The molecule has 0 aliphatic carbocycles. The normalized spacial score (nSPS) is 15.2. The molecule has 27 heavy (non-hydrogen) atoms. The Labute approximate surface area is 183 Å². The van der Waals surface area contributed by atoms with Gasteiger partial charge in [-0.15, -0.1) is 35.3 Å². The van der Waals surface area contributed by atoms with Crippen LogP contribution >= 0.6 is 35.3 Å². The first-order chi connectivity index (χ1) is 12.7. The number of aromatic nitrogens is 1. The van der Waals surface area contributed by atoms with Crippen LogP contribution in [0.3, 0.4) is 0 Å². The Morgan fingerprint density at radius 3 is 2.56 bits per heavy atom. The number of aliphatic imine (C=N–C) groups is 1. The third-order valence-corrected chi connectivity index (χ3v) is 5.60. The van der Waals surface area contributed by atoms with E-state index in [4.69, 9.17) is 0 Å². The number of nitrogens with one attached hydrogen (secondary N) is 2. The van der Waals surface area contributed by atoms with Crippen LogP contribution in [-0.2, 0) is 6.54 Å². The van der Waals surface area contributed by atoms with E-state index in [9.17, 15) is 0 Å². The number of halogens is 1.